The average Bonchev–Trinajstić information content (AvgIpc) is 2.40. The van der Waals surface area contributed by atoms with E-state index in [0.717, 1.165) is 30.8 Å². The second-order valence-electron chi connectivity index (χ2n) is 4.73. The standard InChI is InChI=1S/C16H26O2/c1-2-3-4-5-6-7-14-18-16-10-8-15(9-11-16)12-13-17/h8-11,17H,2-7,12-14H2,1H3. The fraction of sp³-hybridized carbons (Fsp3) is 0.625. The summed E-state index contributed by atoms with van der Waals surface area (Å²) in [6.07, 6.45) is 8.46. The van der Waals surface area contributed by atoms with Crippen molar-refractivity contribution in [3.63, 3.8) is 0 Å². The van der Waals surface area contributed by atoms with Crippen molar-refractivity contribution in [2.75, 3.05) is 13.2 Å². The van der Waals surface area contributed by atoms with Gasteiger partial charge in [-0.1, -0.05) is 51.2 Å². The van der Waals surface area contributed by atoms with Crippen molar-refractivity contribution < 1.29 is 9.84 Å². The van der Waals surface area contributed by atoms with E-state index in [1.807, 2.05) is 24.3 Å². The molecule has 1 rings (SSSR count). The molecule has 0 atom stereocenters. The van der Waals surface area contributed by atoms with Gasteiger partial charge in [0, 0.05) is 6.61 Å². The lowest BCUT2D eigenvalue weighted by molar-refractivity contribution is 0.298. The monoisotopic (exact) mass is 250 g/mol. The minimum Gasteiger partial charge on any atom is -0.494 e. The number of aliphatic hydroxyl groups is 1. The second kappa shape index (κ2) is 9.95. The number of hydrogen-bond donors (Lipinski definition) is 1. The van der Waals surface area contributed by atoms with Gasteiger partial charge in [-0.2, -0.15) is 0 Å². The molecule has 0 unspecified atom stereocenters. The molecule has 18 heavy (non-hydrogen) atoms. The normalized spacial score (nSPS) is 10.6. The van der Waals surface area contributed by atoms with Gasteiger partial charge in [-0.3, -0.25) is 0 Å². The second-order valence-corrected chi connectivity index (χ2v) is 4.73. The predicted molar refractivity (Wildman–Crippen MR) is 76.1 cm³/mol. The van der Waals surface area contributed by atoms with Crippen molar-refractivity contribution in [3.05, 3.63) is 29.8 Å². The zero-order valence-electron chi connectivity index (χ0n) is 11.5. The summed E-state index contributed by atoms with van der Waals surface area (Å²) in [7, 11) is 0. The summed E-state index contributed by atoms with van der Waals surface area (Å²) < 4.78 is 5.68. The zero-order chi connectivity index (χ0) is 13.1. The maximum Gasteiger partial charge on any atom is 0.119 e. The molecule has 0 saturated carbocycles. The number of benzene rings is 1. The Labute approximate surface area is 111 Å². The molecule has 2 nitrogen and oxygen atoms in total. The SMILES string of the molecule is CCCCCCCCOc1ccc(CCO)cc1. The summed E-state index contributed by atoms with van der Waals surface area (Å²) in [5.41, 5.74) is 1.16. The third-order valence-electron chi connectivity index (χ3n) is 3.09. The first-order valence-corrected chi connectivity index (χ1v) is 7.19. The van der Waals surface area contributed by atoms with Gasteiger partial charge < -0.3 is 9.84 Å². The summed E-state index contributed by atoms with van der Waals surface area (Å²) in [6.45, 7) is 3.26. The van der Waals surface area contributed by atoms with Crippen LogP contribution in [0.25, 0.3) is 0 Å². The molecular formula is C16H26O2. The predicted octanol–water partition coefficient (Wildman–Crippen LogP) is 3.96. The quantitative estimate of drug-likeness (QED) is 0.637. The minimum absolute atomic E-state index is 0.206. The van der Waals surface area contributed by atoms with Crippen LogP contribution in [0.4, 0.5) is 0 Å². The van der Waals surface area contributed by atoms with E-state index in [1.54, 1.807) is 0 Å². The molecule has 0 radical (unpaired) electrons. The number of hydrogen-bond acceptors (Lipinski definition) is 2. The van der Waals surface area contributed by atoms with Crippen molar-refractivity contribution in [3.8, 4) is 5.75 Å². The lowest BCUT2D eigenvalue weighted by Crippen LogP contribution is -1.98. The number of ether oxygens (including phenoxy) is 1. The highest BCUT2D eigenvalue weighted by Gasteiger charge is 1.96. The number of rotatable bonds is 10. The molecule has 0 aliphatic rings. The first-order valence-electron chi connectivity index (χ1n) is 7.19. The van der Waals surface area contributed by atoms with E-state index in [1.165, 1.54) is 32.1 Å². The van der Waals surface area contributed by atoms with Crippen molar-refractivity contribution >= 4 is 0 Å². The van der Waals surface area contributed by atoms with Crippen molar-refractivity contribution in [1.82, 2.24) is 0 Å². The molecule has 102 valence electrons. The molecule has 1 aromatic carbocycles. The van der Waals surface area contributed by atoms with Gasteiger partial charge in [0.05, 0.1) is 6.61 Å². The van der Waals surface area contributed by atoms with Gasteiger partial charge in [-0.05, 0) is 30.5 Å². The fourth-order valence-corrected chi connectivity index (χ4v) is 1.95. The number of aliphatic hydroxyl groups excluding tert-OH is 1. The van der Waals surface area contributed by atoms with Gasteiger partial charge in [0.2, 0.25) is 0 Å². The topological polar surface area (TPSA) is 29.5 Å². The van der Waals surface area contributed by atoms with Crippen LogP contribution in [0.5, 0.6) is 5.75 Å². The van der Waals surface area contributed by atoms with Crippen LogP contribution in [-0.4, -0.2) is 18.3 Å². The highest BCUT2D eigenvalue weighted by atomic mass is 16.5. The fourth-order valence-electron chi connectivity index (χ4n) is 1.95. The van der Waals surface area contributed by atoms with Gasteiger partial charge in [0.25, 0.3) is 0 Å². The Morgan fingerprint density at radius 3 is 2.28 bits per heavy atom. The summed E-state index contributed by atoms with van der Waals surface area (Å²) >= 11 is 0. The van der Waals surface area contributed by atoms with E-state index in [4.69, 9.17) is 9.84 Å². The molecule has 1 aromatic rings. The Morgan fingerprint density at radius 1 is 0.944 bits per heavy atom. The van der Waals surface area contributed by atoms with Crippen molar-refractivity contribution in [2.45, 2.75) is 51.9 Å². The Hall–Kier alpha value is -1.02. The van der Waals surface area contributed by atoms with Crippen molar-refractivity contribution in [2.24, 2.45) is 0 Å². The van der Waals surface area contributed by atoms with E-state index in [0.29, 0.717) is 0 Å². The van der Waals surface area contributed by atoms with Gasteiger partial charge in [0.1, 0.15) is 5.75 Å². The summed E-state index contributed by atoms with van der Waals surface area (Å²) in [5, 5.41) is 8.82. The van der Waals surface area contributed by atoms with Crippen molar-refractivity contribution in [1.29, 1.82) is 0 Å². The van der Waals surface area contributed by atoms with Gasteiger partial charge >= 0.3 is 0 Å². The van der Waals surface area contributed by atoms with Crippen LogP contribution in [0.15, 0.2) is 24.3 Å². The molecule has 0 aliphatic heterocycles. The first-order chi connectivity index (χ1) is 8.86. The molecule has 1 N–H and O–H groups in total. The van der Waals surface area contributed by atoms with Gasteiger partial charge in [0.15, 0.2) is 0 Å². The molecule has 2 heteroatoms. The zero-order valence-corrected chi connectivity index (χ0v) is 11.5. The highest BCUT2D eigenvalue weighted by molar-refractivity contribution is 5.27. The highest BCUT2D eigenvalue weighted by Crippen LogP contribution is 2.13. The van der Waals surface area contributed by atoms with Crippen LogP contribution in [0.1, 0.15) is 51.0 Å². The van der Waals surface area contributed by atoms with E-state index in [2.05, 4.69) is 6.92 Å². The first kappa shape index (κ1) is 15.0. The van der Waals surface area contributed by atoms with E-state index < -0.39 is 0 Å². The Bertz CT molecular complexity index is 292. The third-order valence-corrected chi connectivity index (χ3v) is 3.09. The Morgan fingerprint density at radius 2 is 1.61 bits per heavy atom. The third kappa shape index (κ3) is 6.65. The van der Waals surface area contributed by atoms with Crippen LogP contribution in [0.3, 0.4) is 0 Å². The maximum atomic E-state index is 8.82. The van der Waals surface area contributed by atoms with Gasteiger partial charge in [-0.25, -0.2) is 0 Å². The molecule has 0 spiro atoms. The van der Waals surface area contributed by atoms with Crippen LogP contribution in [0, 0.1) is 0 Å². The molecule has 0 bridgehead atoms. The summed E-state index contributed by atoms with van der Waals surface area (Å²) in [6, 6.07) is 8.02. The Balaban J connectivity index is 2.08. The van der Waals surface area contributed by atoms with Gasteiger partial charge in [-0.15, -0.1) is 0 Å². The van der Waals surface area contributed by atoms with Crippen LogP contribution in [-0.2, 0) is 6.42 Å². The molecule has 0 heterocycles. The minimum atomic E-state index is 0.206. The molecule has 0 aliphatic carbocycles. The Kier molecular flexibility index (Phi) is 8.32. The number of unbranched alkanes of at least 4 members (excludes halogenated alkanes) is 5. The smallest absolute Gasteiger partial charge is 0.119 e. The lowest BCUT2D eigenvalue weighted by atomic mass is 10.1. The van der Waals surface area contributed by atoms with Crippen LogP contribution >= 0.6 is 0 Å². The maximum absolute atomic E-state index is 8.82. The van der Waals surface area contributed by atoms with E-state index >= 15 is 0 Å². The molecule has 0 saturated heterocycles. The van der Waals surface area contributed by atoms with E-state index in [9.17, 15) is 0 Å². The average molecular weight is 250 g/mol. The summed E-state index contributed by atoms with van der Waals surface area (Å²) in [5.74, 6) is 0.935. The molecular weight excluding hydrogens is 224 g/mol. The largest absolute Gasteiger partial charge is 0.494 e. The summed E-state index contributed by atoms with van der Waals surface area (Å²) in [4.78, 5) is 0. The molecule has 0 amide bonds. The molecule has 0 aromatic heterocycles. The van der Waals surface area contributed by atoms with Crippen LogP contribution < -0.4 is 4.74 Å². The molecule has 0 fully saturated rings. The van der Waals surface area contributed by atoms with Crippen LogP contribution in [0.2, 0.25) is 0 Å². The lowest BCUT2D eigenvalue weighted by Gasteiger charge is -2.07. The van der Waals surface area contributed by atoms with E-state index in [-0.39, 0.29) is 6.61 Å².